The quantitative estimate of drug-likeness (QED) is 0.921. The first kappa shape index (κ1) is 12.6. The molecule has 2 fully saturated rings. The molecule has 1 aliphatic heterocycles. The second-order valence-corrected chi connectivity index (χ2v) is 7.02. The summed E-state index contributed by atoms with van der Waals surface area (Å²) < 4.78 is 6.44. The Balaban J connectivity index is 1.44. The summed E-state index contributed by atoms with van der Waals surface area (Å²) >= 11 is 3.48. The average molecular weight is 310 g/mol. The van der Waals surface area contributed by atoms with Crippen LogP contribution in [0.25, 0.3) is 0 Å². The van der Waals surface area contributed by atoms with Crippen molar-refractivity contribution in [2.75, 3.05) is 19.8 Å². The first-order valence-corrected chi connectivity index (χ1v) is 7.51. The molecule has 1 heterocycles. The standard InChI is InChI=1S/C15H20BrNO/c1-15(9-18-10-15)8-17-14-6-12(7-14)11-2-4-13(16)5-3-11/h2-5,12,14,17H,6-10H2,1H3. The van der Waals surface area contributed by atoms with Gasteiger partial charge in [0.1, 0.15) is 0 Å². The van der Waals surface area contributed by atoms with E-state index in [1.165, 1.54) is 18.4 Å². The Morgan fingerprint density at radius 1 is 1.28 bits per heavy atom. The van der Waals surface area contributed by atoms with Crippen molar-refractivity contribution in [1.29, 1.82) is 0 Å². The normalized spacial score (nSPS) is 29.4. The van der Waals surface area contributed by atoms with Gasteiger partial charge in [0.05, 0.1) is 13.2 Å². The Hall–Kier alpha value is -0.380. The van der Waals surface area contributed by atoms with Crippen LogP contribution in [0.5, 0.6) is 0 Å². The Morgan fingerprint density at radius 3 is 2.50 bits per heavy atom. The van der Waals surface area contributed by atoms with Gasteiger partial charge in [0.15, 0.2) is 0 Å². The third-order valence-electron chi connectivity index (χ3n) is 4.20. The molecule has 1 aromatic rings. The predicted molar refractivity (Wildman–Crippen MR) is 76.8 cm³/mol. The van der Waals surface area contributed by atoms with Crippen LogP contribution in [0, 0.1) is 5.41 Å². The lowest BCUT2D eigenvalue weighted by atomic mass is 9.75. The highest BCUT2D eigenvalue weighted by atomic mass is 79.9. The largest absolute Gasteiger partial charge is 0.380 e. The summed E-state index contributed by atoms with van der Waals surface area (Å²) in [6, 6.07) is 9.47. The molecule has 1 aliphatic carbocycles. The zero-order chi connectivity index (χ0) is 12.6. The maximum atomic E-state index is 5.28. The molecule has 0 spiro atoms. The fourth-order valence-electron chi connectivity index (χ4n) is 2.73. The van der Waals surface area contributed by atoms with Crippen molar-refractivity contribution in [3.05, 3.63) is 34.3 Å². The first-order valence-electron chi connectivity index (χ1n) is 6.71. The molecule has 0 aromatic heterocycles. The van der Waals surface area contributed by atoms with Crippen molar-refractivity contribution in [3.63, 3.8) is 0 Å². The highest BCUT2D eigenvalue weighted by molar-refractivity contribution is 9.10. The molecular formula is C15H20BrNO. The van der Waals surface area contributed by atoms with Gasteiger partial charge in [0.25, 0.3) is 0 Å². The summed E-state index contributed by atoms with van der Waals surface area (Å²) in [5.41, 5.74) is 1.87. The fourth-order valence-corrected chi connectivity index (χ4v) is 3.00. The van der Waals surface area contributed by atoms with Crippen molar-refractivity contribution in [3.8, 4) is 0 Å². The molecule has 1 saturated heterocycles. The number of hydrogen-bond acceptors (Lipinski definition) is 2. The Morgan fingerprint density at radius 2 is 1.94 bits per heavy atom. The number of rotatable bonds is 4. The molecule has 0 bridgehead atoms. The van der Waals surface area contributed by atoms with E-state index >= 15 is 0 Å². The number of benzene rings is 1. The van der Waals surface area contributed by atoms with Gasteiger partial charge < -0.3 is 10.1 Å². The van der Waals surface area contributed by atoms with Gasteiger partial charge in [-0.15, -0.1) is 0 Å². The lowest BCUT2D eigenvalue weighted by Gasteiger charge is -2.42. The van der Waals surface area contributed by atoms with Gasteiger partial charge in [-0.25, -0.2) is 0 Å². The zero-order valence-electron chi connectivity index (χ0n) is 10.8. The number of halogens is 1. The molecule has 98 valence electrons. The van der Waals surface area contributed by atoms with Crippen molar-refractivity contribution in [2.24, 2.45) is 5.41 Å². The molecule has 3 heteroatoms. The highest BCUT2D eigenvalue weighted by Gasteiger charge is 2.36. The minimum atomic E-state index is 0.392. The van der Waals surface area contributed by atoms with Crippen LogP contribution < -0.4 is 5.32 Å². The number of hydrogen-bond donors (Lipinski definition) is 1. The van der Waals surface area contributed by atoms with Gasteiger partial charge >= 0.3 is 0 Å². The monoisotopic (exact) mass is 309 g/mol. The van der Waals surface area contributed by atoms with Gasteiger partial charge in [-0.3, -0.25) is 0 Å². The molecule has 18 heavy (non-hydrogen) atoms. The molecule has 2 nitrogen and oxygen atoms in total. The molecule has 1 aromatic carbocycles. The van der Waals surface area contributed by atoms with Crippen LogP contribution in [-0.4, -0.2) is 25.8 Å². The number of nitrogens with one attached hydrogen (secondary N) is 1. The third-order valence-corrected chi connectivity index (χ3v) is 4.73. The van der Waals surface area contributed by atoms with E-state index in [0.29, 0.717) is 11.5 Å². The van der Waals surface area contributed by atoms with E-state index in [-0.39, 0.29) is 0 Å². The van der Waals surface area contributed by atoms with Crippen LogP contribution in [0.15, 0.2) is 28.7 Å². The molecular weight excluding hydrogens is 290 g/mol. The molecule has 0 unspecified atom stereocenters. The predicted octanol–water partition coefficient (Wildman–Crippen LogP) is 3.32. The average Bonchev–Trinajstić information content (AvgIpc) is 2.27. The van der Waals surface area contributed by atoms with Gasteiger partial charge in [-0.05, 0) is 36.5 Å². The minimum absolute atomic E-state index is 0.392. The zero-order valence-corrected chi connectivity index (χ0v) is 12.4. The Kier molecular flexibility index (Phi) is 3.48. The van der Waals surface area contributed by atoms with E-state index < -0.39 is 0 Å². The van der Waals surface area contributed by atoms with Gasteiger partial charge in [0, 0.05) is 22.5 Å². The van der Waals surface area contributed by atoms with Crippen molar-refractivity contribution in [2.45, 2.75) is 31.7 Å². The van der Waals surface area contributed by atoms with Crippen molar-refractivity contribution in [1.82, 2.24) is 5.32 Å². The van der Waals surface area contributed by atoms with Crippen molar-refractivity contribution >= 4 is 15.9 Å². The summed E-state index contributed by atoms with van der Waals surface area (Å²) in [5, 5.41) is 3.68. The first-order chi connectivity index (χ1) is 8.65. The lowest BCUT2D eigenvalue weighted by molar-refractivity contribution is -0.101. The highest BCUT2D eigenvalue weighted by Crippen LogP contribution is 2.38. The second-order valence-electron chi connectivity index (χ2n) is 6.10. The molecule has 1 N–H and O–H groups in total. The molecule has 2 aliphatic rings. The Bertz CT molecular complexity index is 407. The van der Waals surface area contributed by atoms with E-state index in [2.05, 4.69) is 52.4 Å². The van der Waals surface area contributed by atoms with Crippen LogP contribution in [0.4, 0.5) is 0 Å². The van der Waals surface area contributed by atoms with E-state index in [1.54, 1.807) is 0 Å². The van der Waals surface area contributed by atoms with E-state index in [1.807, 2.05) is 0 Å². The maximum absolute atomic E-state index is 5.28. The van der Waals surface area contributed by atoms with Crippen LogP contribution in [0.1, 0.15) is 31.2 Å². The fraction of sp³-hybridized carbons (Fsp3) is 0.600. The SMILES string of the molecule is CC1(CNC2CC(c3ccc(Br)cc3)C2)COC1. The van der Waals surface area contributed by atoms with Crippen LogP contribution in [0.3, 0.4) is 0 Å². The summed E-state index contributed by atoms with van der Waals surface area (Å²) in [5.74, 6) is 0.751. The Labute approximate surface area is 117 Å². The van der Waals surface area contributed by atoms with Crippen LogP contribution in [0.2, 0.25) is 0 Å². The summed E-state index contributed by atoms with van der Waals surface area (Å²) in [4.78, 5) is 0. The summed E-state index contributed by atoms with van der Waals surface area (Å²) in [7, 11) is 0. The van der Waals surface area contributed by atoms with Crippen LogP contribution >= 0.6 is 15.9 Å². The third kappa shape index (κ3) is 2.63. The van der Waals surface area contributed by atoms with E-state index in [9.17, 15) is 0 Å². The van der Waals surface area contributed by atoms with Gasteiger partial charge in [0.2, 0.25) is 0 Å². The van der Waals surface area contributed by atoms with Gasteiger partial charge in [-0.1, -0.05) is 35.0 Å². The minimum Gasteiger partial charge on any atom is -0.380 e. The van der Waals surface area contributed by atoms with E-state index in [0.717, 1.165) is 30.1 Å². The second kappa shape index (κ2) is 4.95. The summed E-state index contributed by atoms with van der Waals surface area (Å²) in [6.07, 6.45) is 2.55. The molecule has 0 atom stereocenters. The topological polar surface area (TPSA) is 21.3 Å². The van der Waals surface area contributed by atoms with Crippen molar-refractivity contribution < 1.29 is 4.74 Å². The van der Waals surface area contributed by atoms with Gasteiger partial charge in [-0.2, -0.15) is 0 Å². The molecule has 0 radical (unpaired) electrons. The lowest BCUT2D eigenvalue weighted by Crippen LogP contribution is -2.51. The number of ether oxygens (including phenoxy) is 1. The smallest absolute Gasteiger partial charge is 0.0554 e. The van der Waals surface area contributed by atoms with Crippen LogP contribution in [-0.2, 0) is 4.74 Å². The van der Waals surface area contributed by atoms with E-state index in [4.69, 9.17) is 4.74 Å². The molecule has 3 rings (SSSR count). The molecule has 1 saturated carbocycles. The summed E-state index contributed by atoms with van der Waals surface area (Å²) in [6.45, 7) is 5.24. The molecule has 0 amide bonds. The maximum Gasteiger partial charge on any atom is 0.0554 e.